The first-order valence-corrected chi connectivity index (χ1v) is 7.60. The van der Waals surface area contributed by atoms with E-state index in [1.807, 2.05) is 0 Å². The van der Waals surface area contributed by atoms with Crippen LogP contribution in [0.25, 0.3) is 0 Å². The SMILES string of the molecule is I.NC(=NCCCOC1CCOCC1)N1CCCCC1. The van der Waals surface area contributed by atoms with Crippen LogP contribution in [0, 0.1) is 0 Å². The minimum absolute atomic E-state index is 0. The van der Waals surface area contributed by atoms with Gasteiger partial charge in [-0.3, -0.25) is 4.99 Å². The molecule has 2 saturated heterocycles. The zero-order valence-electron chi connectivity index (χ0n) is 12.3. The van der Waals surface area contributed by atoms with Crippen molar-refractivity contribution in [1.29, 1.82) is 0 Å². The molecule has 0 amide bonds. The number of ether oxygens (including phenoxy) is 2. The highest BCUT2D eigenvalue weighted by Crippen LogP contribution is 2.11. The van der Waals surface area contributed by atoms with E-state index in [-0.39, 0.29) is 24.0 Å². The Balaban J connectivity index is 0.00000200. The highest BCUT2D eigenvalue weighted by atomic mass is 127. The molecule has 2 aliphatic heterocycles. The van der Waals surface area contributed by atoms with Gasteiger partial charge >= 0.3 is 0 Å². The highest BCUT2D eigenvalue weighted by Gasteiger charge is 2.14. The Hall–Kier alpha value is -0.0800. The van der Waals surface area contributed by atoms with Crippen molar-refractivity contribution >= 4 is 29.9 Å². The molecular formula is C14H28IN3O2. The van der Waals surface area contributed by atoms with Crippen molar-refractivity contribution in [3.63, 3.8) is 0 Å². The van der Waals surface area contributed by atoms with E-state index in [0.717, 1.165) is 58.7 Å². The average Bonchev–Trinajstić information content (AvgIpc) is 2.49. The standard InChI is InChI=1S/C14H27N3O2.HI/c15-14(17-8-2-1-3-9-17)16-7-4-10-19-13-5-11-18-12-6-13;/h13H,1-12H2,(H2,15,16);1H. The van der Waals surface area contributed by atoms with E-state index in [1.165, 1.54) is 19.3 Å². The van der Waals surface area contributed by atoms with Gasteiger partial charge in [-0.15, -0.1) is 24.0 Å². The van der Waals surface area contributed by atoms with Crippen LogP contribution in [-0.2, 0) is 9.47 Å². The van der Waals surface area contributed by atoms with E-state index in [4.69, 9.17) is 15.2 Å². The maximum absolute atomic E-state index is 5.99. The van der Waals surface area contributed by atoms with Crippen molar-refractivity contribution in [1.82, 2.24) is 4.90 Å². The Kier molecular flexibility index (Phi) is 9.54. The number of rotatable bonds is 5. The van der Waals surface area contributed by atoms with Crippen LogP contribution in [0.1, 0.15) is 38.5 Å². The number of nitrogens with two attached hydrogens (primary N) is 1. The second-order valence-corrected chi connectivity index (χ2v) is 5.32. The molecule has 0 radical (unpaired) electrons. The van der Waals surface area contributed by atoms with Gasteiger partial charge in [0.05, 0.1) is 6.10 Å². The highest BCUT2D eigenvalue weighted by molar-refractivity contribution is 14.0. The van der Waals surface area contributed by atoms with Crippen molar-refractivity contribution in [3.8, 4) is 0 Å². The molecule has 0 aromatic carbocycles. The Bertz CT molecular complexity index is 278. The van der Waals surface area contributed by atoms with E-state index in [9.17, 15) is 0 Å². The number of guanidine groups is 1. The lowest BCUT2D eigenvalue weighted by molar-refractivity contribution is -0.0318. The number of aliphatic imine (C=N–C) groups is 1. The summed E-state index contributed by atoms with van der Waals surface area (Å²) >= 11 is 0. The molecule has 2 aliphatic rings. The molecule has 0 aromatic rings. The van der Waals surface area contributed by atoms with Crippen LogP contribution in [-0.4, -0.2) is 56.4 Å². The Morgan fingerprint density at radius 2 is 1.90 bits per heavy atom. The van der Waals surface area contributed by atoms with Gasteiger partial charge in [0.1, 0.15) is 0 Å². The normalized spacial score (nSPS) is 21.6. The van der Waals surface area contributed by atoms with Gasteiger partial charge in [-0.1, -0.05) is 0 Å². The van der Waals surface area contributed by atoms with Crippen molar-refractivity contribution in [2.24, 2.45) is 10.7 Å². The number of piperidine rings is 1. The summed E-state index contributed by atoms with van der Waals surface area (Å²) in [5, 5.41) is 0. The predicted octanol–water partition coefficient (Wildman–Crippen LogP) is 1.99. The van der Waals surface area contributed by atoms with Crippen molar-refractivity contribution in [3.05, 3.63) is 0 Å². The summed E-state index contributed by atoms with van der Waals surface area (Å²) in [7, 11) is 0. The van der Waals surface area contributed by atoms with Gasteiger partial charge in [0.15, 0.2) is 5.96 Å². The molecule has 118 valence electrons. The molecule has 0 saturated carbocycles. The van der Waals surface area contributed by atoms with Crippen LogP contribution in [0.5, 0.6) is 0 Å². The third-order valence-corrected chi connectivity index (χ3v) is 3.78. The number of hydrogen-bond donors (Lipinski definition) is 1. The first kappa shape index (κ1) is 18.0. The first-order valence-electron chi connectivity index (χ1n) is 7.60. The van der Waals surface area contributed by atoms with Gasteiger partial charge in [0, 0.05) is 39.5 Å². The fourth-order valence-electron chi connectivity index (χ4n) is 2.57. The minimum atomic E-state index is 0. The number of halogens is 1. The van der Waals surface area contributed by atoms with Crippen LogP contribution in [0.2, 0.25) is 0 Å². The molecule has 0 spiro atoms. The van der Waals surface area contributed by atoms with Crippen LogP contribution in [0.3, 0.4) is 0 Å². The maximum atomic E-state index is 5.99. The lowest BCUT2D eigenvalue weighted by atomic mass is 10.1. The lowest BCUT2D eigenvalue weighted by Crippen LogP contribution is -2.40. The topological polar surface area (TPSA) is 60.1 Å². The smallest absolute Gasteiger partial charge is 0.191 e. The molecule has 0 aliphatic carbocycles. The second kappa shape index (κ2) is 10.6. The molecule has 5 nitrogen and oxygen atoms in total. The zero-order chi connectivity index (χ0) is 13.3. The molecular weight excluding hydrogens is 369 g/mol. The second-order valence-electron chi connectivity index (χ2n) is 5.32. The molecule has 0 unspecified atom stereocenters. The van der Waals surface area contributed by atoms with Crippen LogP contribution in [0.4, 0.5) is 0 Å². The largest absolute Gasteiger partial charge is 0.381 e. The van der Waals surface area contributed by atoms with Crippen molar-refractivity contribution in [2.75, 3.05) is 39.5 Å². The van der Waals surface area contributed by atoms with Crippen molar-refractivity contribution in [2.45, 2.75) is 44.6 Å². The Labute approximate surface area is 139 Å². The van der Waals surface area contributed by atoms with Gasteiger partial charge in [0.25, 0.3) is 0 Å². The predicted molar refractivity (Wildman–Crippen MR) is 91.7 cm³/mol. The molecule has 2 heterocycles. The molecule has 6 heteroatoms. The van der Waals surface area contributed by atoms with Crippen LogP contribution >= 0.6 is 24.0 Å². The van der Waals surface area contributed by atoms with E-state index >= 15 is 0 Å². The van der Waals surface area contributed by atoms with E-state index in [1.54, 1.807) is 0 Å². The molecule has 0 bridgehead atoms. The molecule has 20 heavy (non-hydrogen) atoms. The van der Waals surface area contributed by atoms with E-state index < -0.39 is 0 Å². The first-order chi connectivity index (χ1) is 9.36. The molecule has 2 N–H and O–H groups in total. The van der Waals surface area contributed by atoms with Crippen LogP contribution in [0.15, 0.2) is 4.99 Å². The van der Waals surface area contributed by atoms with Crippen molar-refractivity contribution < 1.29 is 9.47 Å². The Morgan fingerprint density at radius 1 is 1.20 bits per heavy atom. The summed E-state index contributed by atoms with van der Waals surface area (Å²) in [6, 6.07) is 0. The van der Waals surface area contributed by atoms with Gasteiger partial charge in [-0.2, -0.15) is 0 Å². The summed E-state index contributed by atoms with van der Waals surface area (Å²) in [6.45, 7) is 5.35. The zero-order valence-corrected chi connectivity index (χ0v) is 14.6. The van der Waals surface area contributed by atoms with Gasteiger partial charge < -0.3 is 20.1 Å². The quantitative estimate of drug-likeness (QED) is 0.334. The summed E-state index contributed by atoms with van der Waals surface area (Å²) in [5.41, 5.74) is 5.99. The third-order valence-electron chi connectivity index (χ3n) is 3.78. The molecule has 0 aromatic heterocycles. The number of likely N-dealkylation sites (tertiary alicyclic amines) is 1. The van der Waals surface area contributed by atoms with Crippen LogP contribution < -0.4 is 5.73 Å². The number of nitrogens with zero attached hydrogens (tertiary/aromatic N) is 2. The lowest BCUT2D eigenvalue weighted by Gasteiger charge is -2.27. The van der Waals surface area contributed by atoms with E-state index in [0.29, 0.717) is 12.1 Å². The number of hydrogen-bond acceptors (Lipinski definition) is 3. The Morgan fingerprint density at radius 3 is 2.60 bits per heavy atom. The molecule has 0 atom stereocenters. The minimum Gasteiger partial charge on any atom is -0.381 e. The van der Waals surface area contributed by atoms with Gasteiger partial charge in [-0.25, -0.2) is 0 Å². The molecule has 2 fully saturated rings. The summed E-state index contributed by atoms with van der Waals surface area (Å²) < 4.78 is 11.1. The monoisotopic (exact) mass is 397 g/mol. The van der Waals surface area contributed by atoms with Gasteiger partial charge in [-0.05, 0) is 38.5 Å². The fourth-order valence-corrected chi connectivity index (χ4v) is 2.57. The average molecular weight is 397 g/mol. The maximum Gasteiger partial charge on any atom is 0.191 e. The summed E-state index contributed by atoms with van der Waals surface area (Å²) in [4.78, 5) is 6.64. The molecule has 2 rings (SSSR count). The van der Waals surface area contributed by atoms with Gasteiger partial charge in [0.2, 0.25) is 0 Å². The van der Waals surface area contributed by atoms with E-state index in [2.05, 4.69) is 9.89 Å². The third kappa shape index (κ3) is 6.58. The summed E-state index contributed by atoms with van der Waals surface area (Å²) in [5.74, 6) is 0.714. The summed E-state index contributed by atoms with van der Waals surface area (Å²) in [6.07, 6.45) is 7.19. The fraction of sp³-hybridized carbons (Fsp3) is 0.929.